The Labute approximate surface area is 206 Å². The summed E-state index contributed by atoms with van der Waals surface area (Å²) in [4.78, 5) is 13.6. The summed E-state index contributed by atoms with van der Waals surface area (Å²) >= 11 is 0. The lowest BCUT2D eigenvalue weighted by Crippen LogP contribution is -2.60. The van der Waals surface area contributed by atoms with Crippen LogP contribution in [0, 0.1) is 13.8 Å². The summed E-state index contributed by atoms with van der Waals surface area (Å²) in [7, 11) is -7.96. The van der Waals surface area contributed by atoms with Gasteiger partial charge in [-0.3, -0.25) is 4.79 Å². The van der Waals surface area contributed by atoms with Gasteiger partial charge in [0.25, 0.3) is 0 Å². The summed E-state index contributed by atoms with van der Waals surface area (Å²) < 4.78 is 55.7. The standard InChI is InChI=1S/C25H27N3O5S2/c1-19-13-14-21(17-20(19)2)26-25(29)24-18-27(34(30,31)22-9-5-3-6-10-22)15-16-28(24)35(32,33)23-11-7-4-8-12-23/h3-14,17,24H,15-16,18H2,1-2H3,(H,26,29)/t24-/m0/s1. The van der Waals surface area contributed by atoms with E-state index in [0.717, 1.165) is 15.4 Å². The molecule has 1 aliphatic heterocycles. The van der Waals surface area contributed by atoms with Gasteiger partial charge in [0.05, 0.1) is 9.79 Å². The molecule has 8 nitrogen and oxygen atoms in total. The van der Waals surface area contributed by atoms with Gasteiger partial charge in [-0.05, 0) is 61.4 Å². The average molecular weight is 514 g/mol. The van der Waals surface area contributed by atoms with Crippen molar-refractivity contribution >= 4 is 31.6 Å². The zero-order valence-electron chi connectivity index (χ0n) is 19.5. The largest absolute Gasteiger partial charge is 0.325 e. The lowest BCUT2D eigenvalue weighted by atomic mass is 10.1. The van der Waals surface area contributed by atoms with Crippen molar-refractivity contribution in [3.63, 3.8) is 0 Å². The number of rotatable bonds is 6. The van der Waals surface area contributed by atoms with Gasteiger partial charge in [0.1, 0.15) is 6.04 Å². The second-order valence-electron chi connectivity index (χ2n) is 8.41. The Morgan fingerprint density at radius 2 is 1.34 bits per heavy atom. The van der Waals surface area contributed by atoms with Gasteiger partial charge in [-0.15, -0.1) is 0 Å². The minimum absolute atomic E-state index is 0.0448. The van der Waals surface area contributed by atoms with Crippen LogP contribution in [-0.2, 0) is 24.8 Å². The minimum atomic E-state index is -4.05. The van der Waals surface area contributed by atoms with Crippen LogP contribution in [0.15, 0.2) is 88.7 Å². The number of piperazine rings is 1. The summed E-state index contributed by atoms with van der Waals surface area (Å²) in [6, 6.07) is 19.9. The maximum Gasteiger partial charge on any atom is 0.244 e. The third-order valence-electron chi connectivity index (χ3n) is 6.10. The first kappa shape index (κ1) is 25.1. The molecule has 0 spiro atoms. The molecule has 1 saturated heterocycles. The minimum Gasteiger partial charge on any atom is -0.325 e. The fourth-order valence-corrected chi connectivity index (χ4v) is 7.02. The lowest BCUT2D eigenvalue weighted by Gasteiger charge is -2.38. The third-order valence-corrected chi connectivity index (χ3v) is 9.90. The van der Waals surface area contributed by atoms with E-state index in [1.54, 1.807) is 48.5 Å². The summed E-state index contributed by atoms with van der Waals surface area (Å²) in [5.41, 5.74) is 2.53. The van der Waals surface area contributed by atoms with E-state index in [2.05, 4.69) is 5.32 Å². The van der Waals surface area contributed by atoms with E-state index in [4.69, 9.17) is 0 Å². The zero-order valence-corrected chi connectivity index (χ0v) is 21.1. The molecular formula is C25H27N3O5S2. The lowest BCUT2D eigenvalue weighted by molar-refractivity contribution is -0.120. The Balaban J connectivity index is 1.69. The number of carbonyl (C=O) groups excluding carboxylic acids is 1. The molecule has 1 amide bonds. The van der Waals surface area contributed by atoms with Crippen LogP contribution in [0.25, 0.3) is 0 Å². The molecule has 3 aromatic carbocycles. The predicted octanol–water partition coefficient (Wildman–Crippen LogP) is 3.01. The molecule has 0 radical (unpaired) electrons. The fraction of sp³-hybridized carbons (Fsp3) is 0.240. The maximum absolute atomic E-state index is 13.5. The molecule has 1 fully saturated rings. The van der Waals surface area contributed by atoms with Crippen LogP contribution in [0.2, 0.25) is 0 Å². The van der Waals surface area contributed by atoms with Crippen LogP contribution in [-0.4, -0.2) is 57.0 Å². The quantitative estimate of drug-likeness (QED) is 0.546. The summed E-state index contributed by atoms with van der Waals surface area (Å²) in [5.74, 6) is -0.597. The van der Waals surface area contributed by atoms with Crippen molar-refractivity contribution in [2.75, 3.05) is 25.0 Å². The van der Waals surface area contributed by atoms with Crippen LogP contribution in [0.1, 0.15) is 11.1 Å². The molecule has 184 valence electrons. The molecule has 1 N–H and O–H groups in total. The van der Waals surface area contributed by atoms with Gasteiger partial charge in [-0.1, -0.05) is 42.5 Å². The van der Waals surface area contributed by atoms with Crippen molar-refractivity contribution < 1.29 is 21.6 Å². The number of carbonyl (C=O) groups is 1. The molecule has 0 aromatic heterocycles. The highest BCUT2D eigenvalue weighted by Gasteiger charge is 2.43. The van der Waals surface area contributed by atoms with E-state index < -0.39 is 32.0 Å². The third kappa shape index (κ3) is 5.15. The highest BCUT2D eigenvalue weighted by Crippen LogP contribution is 2.26. The molecule has 0 saturated carbocycles. The number of hydrogen-bond donors (Lipinski definition) is 1. The molecule has 1 atom stereocenters. The molecule has 3 aromatic rings. The number of nitrogens with one attached hydrogen (secondary N) is 1. The van der Waals surface area contributed by atoms with Gasteiger partial charge in [0, 0.05) is 25.3 Å². The van der Waals surface area contributed by atoms with E-state index in [9.17, 15) is 21.6 Å². The van der Waals surface area contributed by atoms with Crippen molar-refractivity contribution in [2.45, 2.75) is 29.7 Å². The Morgan fingerprint density at radius 3 is 1.91 bits per heavy atom. The van der Waals surface area contributed by atoms with Crippen molar-refractivity contribution in [1.29, 1.82) is 0 Å². The van der Waals surface area contributed by atoms with Gasteiger partial charge in [-0.25, -0.2) is 16.8 Å². The van der Waals surface area contributed by atoms with E-state index in [1.165, 1.54) is 28.6 Å². The first-order chi connectivity index (χ1) is 16.6. The van der Waals surface area contributed by atoms with E-state index in [1.807, 2.05) is 19.9 Å². The highest BCUT2D eigenvalue weighted by molar-refractivity contribution is 7.89. The normalized spacial score (nSPS) is 17.7. The smallest absolute Gasteiger partial charge is 0.244 e. The van der Waals surface area contributed by atoms with Gasteiger partial charge in [-0.2, -0.15) is 8.61 Å². The van der Waals surface area contributed by atoms with Crippen molar-refractivity contribution in [2.24, 2.45) is 0 Å². The van der Waals surface area contributed by atoms with Crippen molar-refractivity contribution in [3.8, 4) is 0 Å². The number of nitrogens with zero attached hydrogens (tertiary/aromatic N) is 2. The maximum atomic E-state index is 13.5. The Bertz CT molecular complexity index is 1430. The van der Waals surface area contributed by atoms with E-state index in [-0.39, 0.29) is 29.4 Å². The van der Waals surface area contributed by atoms with Gasteiger partial charge in [0.2, 0.25) is 26.0 Å². The number of amides is 1. The molecule has 1 heterocycles. The first-order valence-corrected chi connectivity index (χ1v) is 14.0. The van der Waals surface area contributed by atoms with Gasteiger partial charge in [0.15, 0.2) is 0 Å². The Morgan fingerprint density at radius 1 is 0.771 bits per heavy atom. The van der Waals surface area contributed by atoms with Crippen molar-refractivity contribution in [3.05, 3.63) is 90.0 Å². The molecule has 10 heteroatoms. The summed E-state index contributed by atoms with van der Waals surface area (Å²) in [5, 5.41) is 2.78. The molecular weight excluding hydrogens is 486 g/mol. The second kappa shape index (κ2) is 9.90. The van der Waals surface area contributed by atoms with E-state index in [0.29, 0.717) is 5.69 Å². The SMILES string of the molecule is Cc1ccc(NC(=O)[C@@H]2CN(S(=O)(=O)c3ccccc3)CCN2S(=O)(=O)c2ccccc2)cc1C. The number of aryl methyl sites for hydroxylation is 2. The summed E-state index contributed by atoms with van der Waals surface area (Å²) in [6.45, 7) is 3.32. The van der Waals surface area contributed by atoms with Crippen LogP contribution < -0.4 is 5.32 Å². The Kier molecular flexibility index (Phi) is 7.09. The van der Waals surface area contributed by atoms with Crippen molar-refractivity contribution in [1.82, 2.24) is 8.61 Å². The monoisotopic (exact) mass is 513 g/mol. The molecule has 0 aliphatic carbocycles. The highest BCUT2D eigenvalue weighted by atomic mass is 32.2. The second-order valence-corrected chi connectivity index (χ2v) is 12.2. The number of sulfonamides is 2. The number of hydrogen-bond acceptors (Lipinski definition) is 5. The van der Waals surface area contributed by atoms with Gasteiger partial charge < -0.3 is 5.32 Å². The van der Waals surface area contributed by atoms with Crippen LogP contribution >= 0.6 is 0 Å². The van der Waals surface area contributed by atoms with Gasteiger partial charge >= 0.3 is 0 Å². The number of benzene rings is 3. The molecule has 0 bridgehead atoms. The topological polar surface area (TPSA) is 104 Å². The molecule has 1 aliphatic rings. The average Bonchev–Trinajstić information content (AvgIpc) is 2.87. The first-order valence-electron chi connectivity index (χ1n) is 11.1. The van der Waals surface area contributed by atoms with Crippen LogP contribution in [0.5, 0.6) is 0 Å². The Hall–Kier alpha value is -3.05. The fourth-order valence-electron chi connectivity index (χ4n) is 3.97. The molecule has 35 heavy (non-hydrogen) atoms. The van der Waals surface area contributed by atoms with Crippen LogP contribution in [0.4, 0.5) is 5.69 Å². The molecule has 0 unspecified atom stereocenters. The summed E-state index contributed by atoms with van der Waals surface area (Å²) in [6.07, 6.45) is 0. The predicted molar refractivity (Wildman–Crippen MR) is 134 cm³/mol. The van der Waals surface area contributed by atoms with Crippen LogP contribution in [0.3, 0.4) is 0 Å². The van der Waals surface area contributed by atoms with E-state index >= 15 is 0 Å². The number of anilines is 1. The molecule has 4 rings (SSSR count). The zero-order chi connectivity index (χ0) is 25.2.